The molecular weight excluding hydrogens is 285 g/mol. The van der Waals surface area contributed by atoms with Gasteiger partial charge >= 0.3 is 0 Å². The van der Waals surface area contributed by atoms with Crippen LogP contribution < -0.4 is 4.74 Å². The highest BCUT2D eigenvalue weighted by atomic mass is 32.2. The number of piperidine rings is 1. The van der Waals surface area contributed by atoms with Crippen molar-refractivity contribution in [3.8, 4) is 5.75 Å². The summed E-state index contributed by atoms with van der Waals surface area (Å²) in [5, 5.41) is 9.65. The molecule has 0 aromatic heterocycles. The molecular formula is C13H18FNO4S. The first-order valence-corrected chi connectivity index (χ1v) is 7.82. The van der Waals surface area contributed by atoms with Gasteiger partial charge in [0.05, 0.1) is 18.1 Å². The van der Waals surface area contributed by atoms with Gasteiger partial charge < -0.3 is 9.84 Å². The molecule has 2 unspecified atom stereocenters. The Morgan fingerprint density at radius 1 is 1.45 bits per heavy atom. The number of rotatable bonds is 3. The van der Waals surface area contributed by atoms with Crippen LogP contribution in [0.4, 0.5) is 4.39 Å². The van der Waals surface area contributed by atoms with Crippen molar-refractivity contribution in [2.45, 2.75) is 24.3 Å². The number of ether oxygens (including phenoxy) is 1. The molecule has 0 amide bonds. The summed E-state index contributed by atoms with van der Waals surface area (Å²) < 4.78 is 44.6. The van der Waals surface area contributed by atoms with Crippen molar-refractivity contribution in [1.29, 1.82) is 0 Å². The molecule has 0 bridgehead atoms. The molecule has 0 saturated carbocycles. The second-order valence-corrected chi connectivity index (χ2v) is 6.93. The first kappa shape index (κ1) is 15.2. The Morgan fingerprint density at radius 3 is 2.70 bits per heavy atom. The molecule has 1 aromatic carbocycles. The molecule has 0 radical (unpaired) electrons. The highest BCUT2D eigenvalue weighted by Gasteiger charge is 2.33. The van der Waals surface area contributed by atoms with Gasteiger partial charge in [0.1, 0.15) is 0 Å². The van der Waals surface area contributed by atoms with Crippen LogP contribution in [0.2, 0.25) is 0 Å². The van der Waals surface area contributed by atoms with E-state index in [1.165, 1.54) is 23.5 Å². The summed E-state index contributed by atoms with van der Waals surface area (Å²) in [6.07, 6.45) is -0.104. The number of nitrogens with zero attached hydrogens (tertiary/aromatic N) is 1. The van der Waals surface area contributed by atoms with Crippen LogP contribution in [-0.4, -0.2) is 44.1 Å². The average Bonchev–Trinajstić information content (AvgIpc) is 2.41. The summed E-state index contributed by atoms with van der Waals surface area (Å²) in [4.78, 5) is -0.0978. The van der Waals surface area contributed by atoms with Gasteiger partial charge in [0, 0.05) is 13.1 Å². The van der Waals surface area contributed by atoms with Crippen molar-refractivity contribution < 1.29 is 22.7 Å². The van der Waals surface area contributed by atoms with Gasteiger partial charge in [-0.1, -0.05) is 6.92 Å². The molecule has 1 saturated heterocycles. The molecule has 5 nitrogen and oxygen atoms in total. The molecule has 112 valence electrons. The lowest BCUT2D eigenvalue weighted by atomic mass is 9.99. The molecule has 1 N–H and O–H groups in total. The second kappa shape index (κ2) is 5.67. The predicted molar refractivity (Wildman–Crippen MR) is 71.5 cm³/mol. The molecule has 0 aliphatic carbocycles. The average molecular weight is 303 g/mol. The largest absolute Gasteiger partial charge is 0.494 e. The van der Waals surface area contributed by atoms with Gasteiger partial charge in [-0.3, -0.25) is 0 Å². The smallest absolute Gasteiger partial charge is 0.243 e. The van der Waals surface area contributed by atoms with Crippen LogP contribution in [0.15, 0.2) is 23.1 Å². The van der Waals surface area contributed by atoms with Gasteiger partial charge in [-0.05, 0) is 30.5 Å². The van der Waals surface area contributed by atoms with Crippen LogP contribution in [0.3, 0.4) is 0 Å². The number of hydrogen-bond acceptors (Lipinski definition) is 4. The highest BCUT2D eigenvalue weighted by molar-refractivity contribution is 7.89. The van der Waals surface area contributed by atoms with E-state index in [1.54, 1.807) is 6.92 Å². The van der Waals surface area contributed by atoms with Crippen molar-refractivity contribution in [2.75, 3.05) is 20.2 Å². The summed E-state index contributed by atoms with van der Waals surface area (Å²) in [5.41, 5.74) is 0. The van der Waals surface area contributed by atoms with Gasteiger partial charge in [0.15, 0.2) is 11.6 Å². The van der Waals surface area contributed by atoms with E-state index in [0.717, 1.165) is 6.07 Å². The van der Waals surface area contributed by atoms with E-state index in [2.05, 4.69) is 0 Å². The first-order valence-electron chi connectivity index (χ1n) is 6.38. The lowest BCUT2D eigenvalue weighted by Gasteiger charge is -2.33. The van der Waals surface area contributed by atoms with Crippen molar-refractivity contribution in [3.05, 3.63) is 24.0 Å². The monoisotopic (exact) mass is 303 g/mol. The fraction of sp³-hybridized carbons (Fsp3) is 0.538. The molecule has 20 heavy (non-hydrogen) atoms. The third-order valence-electron chi connectivity index (χ3n) is 3.58. The number of aliphatic hydroxyl groups is 1. The van der Waals surface area contributed by atoms with Crippen LogP contribution in [0.25, 0.3) is 0 Å². The van der Waals surface area contributed by atoms with E-state index >= 15 is 0 Å². The lowest BCUT2D eigenvalue weighted by Crippen LogP contribution is -2.44. The summed E-state index contributed by atoms with van der Waals surface area (Å²) >= 11 is 0. The molecule has 1 aliphatic rings. The van der Waals surface area contributed by atoms with E-state index in [4.69, 9.17) is 4.74 Å². The fourth-order valence-electron chi connectivity index (χ4n) is 2.27. The third-order valence-corrected chi connectivity index (χ3v) is 5.44. The van der Waals surface area contributed by atoms with Gasteiger partial charge in [-0.2, -0.15) is 4.31 Å². The van der Waals surface area contributed by atoms with E-state index in [9.17, 15) is 17.9 Å². The number of hydrogen-bond donors (Lipinski definition) is 1. The SMILES string of the molecule is COc1ccc(S(=O)(=O)N2CCC(O)C(C)C2)cc1F. The van der Waals surface area contributed by atoms with Gasteiger partial charge in [-0.15, -0.1) is 0 Å². The summed E-state index contributed by atoms with van der Waals surface area (Å²) in [6.45, 7) is 2.26. The van der Waals surface area contributed by atoms with Crippen molar-refractivity contribution in [1.82, 2.24) is 4.31 Å². The zero-order valence-corrected chi connectivity index (χ0v) is 12.2. The Kier molecular flexibility index (Phi) is 4.31. The van der Waals surface area contributed by atoms with E-state index in [1.807, 2.05) is 0 Å². The Hall–Kier alpha value is -1.18. The summed E-state index contributed by atoms with van der Waals surface area (Å²) in [5.74, 6) is -0.841. The van der Waals surface area contributed by atoms with E-state index < -0.39 is 21.9 Å². The number of halogens is 1. The Labute approximate surface area is 118 Å². The van der Waals surface area contributed by atoms with Crippen LogP contribution in [0.5, 0.6) is 5.75 Å². The van der Waals surface area contributed by atoms with Gasteiger partial charge in [-0.25, -0.2) is 12.8 Å². The van der Waals surface area contributed by atoms with Gasteiger partial charge in [0.25, 0.3) is 0 Å². The van der Waals surface area contributed by atoms with E-state index in [-0.39, 0.29) is 29.7 Å². The third kappa shape index (κ3) is 2.79. The van der Waals surface area contributed by atoms with Crippen molar-refractivity contribution in [2.24, 2.45) is 5.92 Å². The minimum atomic E-state index is -3.74. The maximum absolute atomic E-state index is 13.6. The molecule has 1 heterocycles. The van der Waals surface area contributed by atoms with E-state index in [0.29, 0.717) is 6.42 Å². The standard InChI is InChI=1S/C13H18FNO4S/c1-9-8-15(6-5-12(9)16)20(17,18)10-3-4-13(19-2)11(14)7-10/h3-4,7,9,12,16H,5-6,8H2,1-2H3. The van der Waals surface area contributed by atoms with Crippen LogP contribution in [-0.2, 0) is 10.0 Å². The minimum absolute atomic E-state index is 0.00591. The molecule has 1 fully saturated rings. The van der Waals surface area contributed by atoms with Crippen LogP contribution >= 0.6 is 0 Å². The molecule has 2 rings (SSSR count). The highest BCUT2D eigenvalue weighted by Crippen LogP contribution is 2.26. The molecule has 2 atom stereocenters. The summed E-state index contributed by atoms with van der Waals surface area (Å²) in [6, 6.07) is 3.58. The normalized spacial score (nSPS) is 24.6. The zero-order chi connectivity index (χ0) is 14.9. The summed E-state index contributed by atoms with van der Waals surface area (Å²) in [7, 11) is -2.42. The zero-order valence-electron chi connectivity index (χ0n) is 11.4. The number of benzene rings is 1. The Bertz CT molecular complexity index is 590. The van der Waals surface area contributed by atoms with Crippen molar-refractivity contribution >= 4 is 10.0 Å². The number of methoxy groups -OCH3 is 1. The molecule has 1 aromatic rings. The quantitative estimate of drug-likeness (QED) is 0.912. The Morgan fingerprint density at radius 2 is 2.15 bits per heavy atom. The molecule has 1 aliphatic heterocycles. The number of sulfonamides is 1. The Balaban J connectivity index is 2.29. The number of aliphatic hydroxyl groups excluding tert-OH is 1. The van der Waals surface area contributed by atoms with Crippen LogP contribution in [0.1, 0.15) is 13.3 Å². The molecule has 0 spiro atoms. The predicted octanol–water partition coefficient (Wildman–Crippen LogP) is 1.23. The maximum atomic E-state index is 13.6. The molecule has 7 heteroatoms. The minimum Gasteiger partial charge on any atom is -0.494 e. The topological polar surface area (TPSA) is 66.8 Å². The maximum Gasteiger partial charge on any atom is 0.243 e. The second-order valence-electron chi connectivity index (χ2n) is 4.99. The first-order chi connectivity index (χ1) is 9.36. The van der Waals surface area contributed by atoms with Gasteiger partial charge in [0.2, 0.25) is 10.0 Å². The van der Waals surface area contributed by atoms with Crippen molar-refractivity contribution in [3.63, 3.8) is 0 Å². The van der Waals surface area contributed by atoms with Crippen LogP contribution in [0, 0.1) is 11.7 Å². The lowest BCUT2D eigenvalue weighted by molar-refractivity contribution is 0.0628. The fourth-order valence-corrected chi connectivity index (χ4v) is 3.84.